The van der Waals surface area contributed by atoms with E-state index in [0.29, 0.717) is 5.69 Å². The number of amides is 3. The smallest absolute Gasteiger partial charge is 0.292 e. The lowest BCUT2D eigenvalue weighted by Gasteiger charge is -2.20. The summed E-state index contributed by atoms with van der Waals surface area (Å²) in [6.45, 7) is -0.391. The zero-order valence-corrected chi connectivity index (χ0v) is 14.8. The molecule has 2 heterocycles. The van der Waals surface area contributed by atoms with Crippen molar-refractivity contribution in [1.82, 2.24) is 5.01 Å². The van der Waals surface area contributed by atoms with E-state index in [9.17, 15) is 24.5 Å². The van der Waals surface area contributed by atoms with Gasteiger partial charge < -0.3 is 5.32 Å². The third-order valence-electron chi connectivity index (χ3n) is 4.55. The minimum absolute atomic E-state index is 0.0231. The van der Waals surface area contributed by atoms with Gasteiger partial charge in [0.05, 0.1) is 10.6 Å². The second-order valence-corrected chi connectivity index (χ2v) is 6.36. The van der Waals surface area contributed by atoms with Crippen molar-refractivity contribution in [3.63, 3.8) is 0 Å². The third kappa shape index (κ3) is 3.18. The number of carbonyl (C=O) groups excluding carboxylic acids is 3. The molecule has 2 atom stereocenters. The number of carbonyl (C=O) groups is 3. The van der Waals surface area contributed by atoms with E-state index in [4.69, 9.17) is 0 Å². The van der Waals surface area contributed by atoms with E-state index < -0.39 is 41.3 Å². The van der Waals surface area contributed by atoms with Crippen molar-refractivity contribution in [1.29, 1.82) is 0 Å². The van der Waals surface area contributed by atoms with Crippen molar-refractivity contribution in [2.24, 2.45) is 10.3 Å². The number of imide groups is 1. The van der Waals surface area contributed by atoms with Gasteiger partial charge in [0.25, 0.3) is 17.5 Å². The minimum atomic E-state index is -1.03. The Bertz CT molecular complexity index is 1040. The van der Waals surface area contributed by atoms with Crippen molar-refractivity contribution in [2.75, 3.05) is 16.8 Å². The maximum absolute atomic E-state index is 12.8. The highest BCUT2D eigenvalue weighted by atomic mass is 16.6. The lowest BCUT2D eigenvalue weighted by atomic mass is 10.1. The zero-order valence-electron chi connectivity index (χ0n) is 14.8. The number of nitrogens with zero attached hydrogens (tertiary/aromatic N) is 5. The number of benzene rings is 2. The van der Waals surface area contributed by atoms with E-state index >= 15 is 0 Å². The summed E-state index contributed by atoms with van der Waals surface area (Å²) in [6.07, 6.45) is 0. The second-order valence-electron chi connectivity index (χ2n) is 6.36. The Morgan fingerprint density at radius 1 is 1.07 bits per heavy atom. The van der Waals surface area contributed by atoms with Crippen molar-refractivity contribution >= 4 is 34.8 Å². The van der Waals surface area contributed by atoms with Crippen LogP contribution in [0.5, 0.6) is 0 Å². The van der Waals surface area contributed by atoms with Gasteiger partial charge in [0, 0.05) is 6.07 Å². The highest BCUT2D eigenvalue weighted by Gasteiger charge is 2.55. The molecule has 2 aliphatic heterocycles. The largest absolute Gasteiger partial charge is 0.319 e. The van der Waals surface area contributed by atoms with Crippen molar-refractivity contribution in [2.45, 2.75) is 12.1 Å². The molecule has 29 heavy (non-hydrogen) atoms. The summed E-state index contributed by atoms with van der Waals surface area (Å²) in [4.78, 5) is 49.3. The van der Waals surface area contributed by atoms with Gasteiger partial charge in [-0.25, -0.2) is 4.90 Å². The van der Waals surface area contributed by atoms with Gasteiger partial charge >= 0.3 is 0 Å². The summed E-state index contributed by atoms with van der Waals surface area (Å²) in [5.74, 6) is -1.68. The fourth-order valence-corrected chi connectivity index (χ4v) is 3.26. The number of hydrogen-bond donors (Lipinski definition) is 1. The van der Waals surface area contributed by atoms with Crippen LogP contribution in [0.1, 0.15) is 0 Å². The summed E-state index contributed by atoms with van der Waals surface area (Å²) >= 11 is 0. The molecule has 146 valence electrons. The van der Waals surface area contributed by atoms with Gasteiger partial charge in [-0.05, 0) is 18.2 Å². The fraction of sp³-hybridized carbons (Fsp3) is 0.167. The van der Waals surface area contributed by atoms with E-state index in [1.807, 2.05) is 0 Å². The molecule has 1 saturated heterocycles. The molecule has 0 radical (unpaired) electrons. The first-order chi connectivity index (χ1) is 14.0. The van der Waals surface area contributed by atoms with E-state index in [1.165, 1.54) is 18.2 Å². The molecule has 0 aromatic heterocycles. The molecular formula is C18H14N6O5. The SMILES string of the molecule is O=C(CN1N=NC2C(=O)N(c3ccccc3)C(=O)C21)Nc1ccccc1[N+](=O)[O-]. The molecule has 2 aliphatic rings. The summed E-state index contributed by atoms with van der Waals surface area (Å²) in [7, 11) is 0. The second kappa shape index (κ2) is 7.11. The Balaban J connectivity index is 1.50. The lowest BCUT2D eigenvalue weighted by Crippen LogP contribution is -2.43. The van der Waals surface area contributed by atoms with Gasteiger partial charge in [-0.3, -0.25) is 29.5 Å². The molecule has 0 saturated carbocycles. The molecule has 1 fully saturated rings. The van der Waals surface area contributed by atoms with E-state index in [0.717, 1.165) is 9.91 Å². The molecular weight excluding hydrogens is 380 g/mol. The van der Waals surface area contributed by atoms with Crippen LogP contribution in [-0.4, -0.2) is 46.3 Å². The van der Waals surface area contributed by atoms with Crippen LogP contribution in [0.15, 0.2) is 64.9 Å². The predicted molar refractivity (Wildman–Crippen MR) is 99.8 cm³/mol. The molecule has 4 rings (SSSR count). The van der Waals surface area contributed by atoms with Crippen LogP contribution in [0.3, 0.4) is 0 Å². The van der Waals surface area contributed by atoms with Gasteiger partial charge in [0.15, 0.2) is 12.1 Å². The van der Waals surface area contributed by atoms with Gasteiger partial charge in [0.2, 0.25) is 5.91 Å². The topological polar surface area (TPSA) is 138 Å². The molecule has 2 aromatic carbocycles. The predicted octanol–water partition coefficient (Wildman–Crippen LogP) is 1.53. The highest BCUT2D eigenvalue weighted by molar-refractivity contribution is 6.25. The van der Waals surface area contributed by atoms with Gasteiger partial charge in [-0.1, -0.05) is 35.6 Å². The van der Waals surface area contributed by atoms with E-state index in [-0.39, 0.29) is 11.4 Å². The number of fused-ring (bicyclic) bond motifs is 1. The third-order valence-corrected chi connectivity index (χ3v) is 4.55. The maximum Gasteiger partial charge on any atom is 0.292 e. The zero-order chi connectivity index (χ0) is 20.5. The maximum atomic E-state index is 12.8. The van der Waals surface area contributed by atoms with Crippen LogP contribution < -0.4 is 10.2 Å². The number of nitro benzene ring substituents is 1. The summed E-state index contributed by atoms with van der Waals surface area (Å²) in [6, 6.07) is 12.0. The Kier molecular flexibility index (Phi) is 4.47. The molecule has 0 aliphatic carbocycles. The average Bonchev–Trinajstić information content (AvgIpc) is 3.22. The minimum Gasteiger partial charge on any atom is -0.319 e. The number of para-hydroxylation sites is 3. The Hall–Kier alpha value is -4.15. The lowest BCUT2D eigenvalue weighted by molar-refractivity contribution is -0.383. The van der Waals surface area contributed by atoms with Crippen molar-refractivity contribution in [3.8, 4) is 0 Å². The summed E-state index contributed by atoms with van der Waals surface area (Å²) < 4.78 is 0. The van der Waals surface area contributed by atoms with E-state index in [1.54, 1.807) is 36.4 Å². The molecule has 0 spiro atoms. The molecule has 3 amide bonds. The normalized spacial score (nSPS) is 20.1. The average molecular weight is 394 g/mol. The fourth-order valence-electron chi connectivity index (χ4n) is 3.26. The quantitative estimate of drug-likeness (QED) is 0.464. The molecule has 2 aromatic rings. The number of nitro groups is 1. The first-order valence-electron chi connectivity index (χ1n) is 8.61. The molecule has 11 nitrogen and oxygen atoms in total. The molecule has 0 bridgehead atoms. The van der Waals surface area contributed by atoms with E-state index in [2.05, 4.69) is 15.7 Å². The molecule has 1 N–H and O–H groups in total. The molecule has 11 heteroatoms. The van der Waals surface area contributed by atoms with Crippen LogP contribution in [0, 0.1) is 10.1 Å². The van der Waals surface area contributed by atoms with Crippen molar-refractivity contribution < 1.29 is 19.3 Å². The first-order valence-corrected chi connectivity index (χ1v) is 8.61. The Morgan fingerprint density at radius 2 is 1.76 bits per heavy atom. The van der Waals surface area contributed by atoms with Gasteiger partial charge in [-0.15, -0.1) is 0 Å². The Labute approximate surface area is 163 Å². The van der Waals surface area contributed by atoms with Gasteiger partial charge in [0.1, 0.15) is 12.2 Å². The Morgan fingerprint density at radius 3 is 2.48 bits per heavy atom. The first kappa shape index (κ1) is 18.2. The van der Waals surface area contributed by atoms with Crippen LogP contribution in [0.4, 0.5) is 17.1 Å². The number of hydrogen-bond acceptors (Lipinski definition) is 8. The monoisotopic (exact) mass is 394 g/mol. The number of nitrogens with one attached hydrogen (secondary N) is 1. The van der Waals surface area contributed by atoms with Crippen molar-refractivity contribution in [3.05, 3.63) is 64.7 Å². The van der Waals surface area contributed by atoms with Crippen LogP contribution in [0.25, 0.3) is 0 Å². The standard InChI is InChI=1S/C18H14N6O5/c25-14(19-12-8-4-5-9-13(12)24(28)29)10-22-16-15(20-21-22)17(26)23(18(16)27)11-6-2-1-3-7-11/h1-9,15-16H,10H2,(H,19,25). The highest BCUT2D eigenvalue weighted by Crippen LogP contribution is 2.31. The summed E-state index contributed by atoms with van der Waals surface area (Å²) in [5.41, 5.74) is 0.176. The summed E-state index contributed by atoms with van der Waals surface area (Å²) in [5, 5.41) is 22.3. The number of anilines is 2. The molecule has 2 unspecified atom stereocenters. The van der Waals surface area contributed by atoms with Crippen LogP contribution >= 0.6 is 0 Å². The number of rotatable bonds is 5. The van der Waals surface area contributed by atoms with Crippen LogP contribution in [0.2, 0.25) is 0 Å². The van der Waals surface area contributed by atoms with Gasteiger partial charge in [-0.2, -0.15) is 5.11 Å². The van der Waals surface area contributed by atoms with Crippen LogP contribution in [-0.2, 0) is 14.4 Å².